The zero-order chi connectivity index (χ0) is 19.2. The first-order chi connectivity index (χ1) is 12.4. The number of hydrogen-bond donors (Lipinski definition) is 2. The quantitative estimate of drug-likeness (QED) is 0.419. The van der Waals surface area contributed by atoms with Gasteiger partial charge in [0.1, 0.15) is 18.1 Å². The molecule has 2 aromatic heterocycles. The maximum absolute atomic E-state index is 10.9. The molecule has 0 aliphatic heterocycles. The smallest absolute Gasteiger partial charge is 0.382 e. The summed E-state index contributed by atoms with van der Waals surface area (Å²) < 4.78 is 33.3. The Morgan fingerprint density at radius 1 is 1.23 bits per heavy atom. The maximum atomic E-state index is 10.9. The summed E-state index contributed by atoms with van der Waals surface area (Å²) in [5, 5.41) is 0. The monoisotopic (exact) mass is 390 g/mol. The average Bonchev–Trinajstić information content (AvgIpc) is 3.02. The van der Waals surface area contributed by atoms with Gasteiger partial charge in [0.25, 0.3) is 0 Å². The first-order valence-corrected chi connectivity index (χ1v) is 9.36. The second-order valence-electron chi connectivity index (χ2n) is 5.48. The molecule has 2 rings (SSSR count). The van der Waals surface area contributed by atoms with Crippen molar-refractivity contribution in [1.82, 2.24) is 19.5 Å². The van der Waals surface area contributed by atoms with E-state index in [-0.39, 0.29) is 13.0 Å². The predicted octanol–water partition coefficient (Wildman–Crippen LogP) is 0.811. The minimum Gasteiger partial charge on any atom is -0.382 e. The van der Waals surface area contributed by atoms with Gasteiger partial charge in [-0.05, 0) is 6.92 Å². The molecule has 2 aromatic rings. The number of imidazole rings is 1. The Labute approximate surface area is 150 Å². The normalized spacial score (nSPS) is 14.7. The van der Waals surface area contributed by atoms with Gasteiger partial charge in [0.2, 0.25) is 0 Å². The van der Waals surface area contributed by atoms with Crippen LogP contribution in [0.5, 0.6) is 0 Å². The Bertz CT molecular complexity index is 750. The van der Waals surface area contributed by atoms with E-state index in [1.165, 1.54) is 13.4 Å². The number of nitrogens with zero attached hydrogens (tertiary/aromatic N) is 4. The highest BCUT2D eigenvalue weighted by Crippen LogP contribution is 2.36. The van der Waals surface area contributed by atoms with Gasteiger partial charge in [0, 0.05) is 20.6 Å². The third-order valence-corrected chi connectivity index (χ3v) is 4.16. The van der Waals surface area contributed by atoms with E-state index in [0.29, 0.717) is 24.4 Å². The summed E-state index contributed by atoms with van der Waals surface area (Å²) in [4.78, 5) is 30.4. The van der Waals surface area contributed by atoms with Gasteiger partial charge in [-0.15, -0.1) is 0 Å². The van der Waals surface area contributed by atoms with E-state index in [1.807, 2.05) is 6.92 Å². The highest BCUT2D eigenvalue weighted by atomic mass is 31.2. The fourth-order valence-corrected chi connectivity index (χ4v) is 2.71. The topological polar surface area (TPSA) is 138 Å². The zero-order valence-corrected chi connectivity index (χ0v) is 15.7. The maximum Gasteiger partial charge on any atom is 0.469 e. The number of hydrogen-bond acceptors (Lipinski definition) is 8. The Kier molecular flexibility index (Phi) is 7.59. The van der Waals surface area contributed by atoms with Crippen molar-refractivity contribution >= 4 is 19.0 Å². The number of fused-ring (bicyclic) bond motifs is 1. The summed E-state index contributed by atoms with van der Waals surface area (Å²) in [5.74, 6) is 0. The van der Waals surface area contributed by atoms with Gasteiger partial charge in [-0.3, -0.25) is 9.09 Å². The molecule has 0 bridgehead atoms. The van der Waals surface area contributed by atoms with Crippen LogP contribution in [0.15, 0.2) is 12.7 Å². The number of aromatic nitrogens is 4. The summed E-state index contributed by atoms with van der Waals surface area (Å²) in [6, 6.07) is 0. The number of aryl methyl sites for hydroxylation is 1. The fourth-order valence-electron chi connectivity index (χ4n) is 2.35. The fraction of sp³-hybridized carbons (Fsp3) is 0.643. The van der Waals surface area contributed by atoms with Crippen LogP contribution >= 0.6 is 7.82 Å². The Morgan fingerprint density at radius 3 is 2.65 bits per heavy atom. The average molecular weight is 390 g/mol. The number of phosphoric ester groups is 1. The van der Waals surface area contributed by atoms with Gasteiger partial charge in [0.15, 0.2) is 5.65 Å². The third-order valence-electron chi connectivity index (χ3n) is 3.68. The number of phosphoric acid groups is 1. The van der Waals surface area contributed by atoms with Crippen molar-refractivity contribution in [3.05, 3.63) is 18.3 Å². The summed E-state index contributed by atoms with van der Waals surface area (Å²) in [6.07, 6.45) is 2.12. The first-order valence-electron chi connectivity index (χ1n) is 7.83. The molecule has 2 N–H and O–H groups in total. The molecule has 11 nitrogen and oxygen atoms in total. The molecule has 0 aliphatic rings. The van der Waals surface area contributed by atoms with Crippen molar-refractivity contribution in [1.29, 1.82) is 0 Å². The van der Waals surface area contributed by atoms with Crippen molar-refractivity contribution in [2.24, 2.45) is 0 Å². The minimum atomic E-state index is -4.59. The Balaban J connectivity index is 2.21. The van der Waals surface area contributed by atoms with Crippen LogP contribution in [0, 0.1) is 6.92 Å². The molecule has 26 heavy (non-hydrogen) atoms. The lowest BCUT2D eigenvalue weighted by Crippen LogP contribution is -2.26. The minimum absolute atomic E-state index is 0.259. The number of ether oxygens (including phenoxy) is 3. The van der Waals surface area contributed by atoms with Crippen LogP contribution in [0.2, 0.25) is 0 Å². The Hall–Kier alpha value is -1.46. The van der Waals surface area contributed by atoms with E-state index < -0.39 is 20.2 Å². The van der Waals surface area contributed by atoms with E-state index in [0.717, 1.165) is 5.69 Å². The van der Waals surface area contributed by atoms with Crippen molar-refractivity contribution in [3.63, 3.8) is 0 Å². The molecule has 146 valence electrons. The summed E-state index contributed by atoms with van der Waals surface area (Å²) in [7, 11) is -1.60. The molecular formula is C14H23N4O7P. The van der Waals surface area contributed by atoms with E-state index in [2.05, 4.69) is 19.5 Å². The molecule has 0 aromatic carbocycles. The summed E-state index contributed by atoms with van der Waals surface area (Å²) >= 11 is 0. The number of methoxy groups -OCH3 is 2. The van der Waals surface area contributed by atoms with E-state index >= 15 is 0 Å². The molecular weight excluding hydrogens is 367 g/mol. The van der Waals surface area contributed by atoms with Crippen molar-refractivity contribution in [3.8, 4) is 0 Å². The highest BCUT2D eigenvalue weighted by molar-refractivity contribution is 7.46. The lowest BCUT2D eigenvalue weighted by Gasteiger charge is -2.24. The summed E-state index contributed by atoms with van der Waals surface area (Å²) in [5.41, 5.74) is 1.97. The van der Waals surface area contributed by atoms with Crippen LogP contribution in [0.4, 0.5) is 0 Å². The molecule has 0 unspecified atom stereocenters. The molecule has 0 saturated carbocycles. The first kappa shape index (κ1) is 20.8. The molecule has 0 spiro atoms. The van der Waals surface area contributed by atoms with E-state index in [1.54, 1.807) is 18.0 Å². The number of rotatable bonds is 11. The lowest BCUT2D eigenvalue weighted by atomic mass is 10.2. The Morgan fingerprint density at radius 2 is 2.00 bits per heavy atom. The van der Waals surface area contributed by atoms with Gasteiger partial charge in [-0.1, -0.05) is 0 Å². The van der Waals surface area contributed by atoms with Gasteiger partial charge in [-0.25, -0.2) is 19.5 Å². The molecule has 12 heteroatoms. The summed E-state index contributed by atoms with van der Waals surface area (Å²) in [6.45, 7) is 2.23. The molecule has 0 amide bonds. The predicted molar refractivity (Wildman–Crippen MR) is 90.3 cm³/mol. The van der Waals surface area contributed by atoms with E-state index in [9.17, 15) is 4.57 Å². The van der Waals surface area contributed by atoms with E-state index in [4.69, 9.17) is 24.0 Å². The van der Waals surface area contributed by atoms with Crippen LogP contribution in [0.25, 0.3) is 11.2 Å². The standard InChI is InChI=1S/C14H23N4O7P/c1-10-13-14(16-8-15-10)18(9-17-13)12(24-5-4-22-2)6-11(23-3)7-25-26(19,20)21/h8-9,11-12H,4-7H2,1-3H3,(H2,19,20,21)/t11-,12-/m0/s1. The second-order valence-corrected chi connectivity index (χ2v) is 6.72. The molecule has 0 saturated heterocycles. The van der Waals surface area contributed by atoms with Gasteiger partial charge in [0.05, 0.1) is 37.9 Å². The molecule has 0 aliphatic carbocycles. The van der Waals surface area contributed by atoms with Crippen molar-refractivity contribution < 1.29 is 33.1 Å². The molecule has 0 radical (unpaired) electrons. The zero-order valence-electron chi connectivity index (χ0n) is 14.8. The van der Waals surface area contributed by atoms with Crippen LogP contribution in [0.1, 0.15) is 18.3 Å². The van der Waals surface area contributed by atoms with Crippen LogP contribution in [0.3, 0.4) is 0 Å². The second kappa shape index (κ2) is 9.47. The van der Waals surface area contributed by atoms with Crippen LogP contribution < -0.4 is 0 Å². The van der Waals surface area contributed by atoms with Crippen molar-refractivity contribution in [2.75, 3.05) is 34.0 Å². The van der Waals surface area contributed by atoms with Crippen molar-refractivity contribution in [2.45, 2.75) is 25.7 Å². The van der Waals surface area contributed by atoms with Crippen LogP contribution in [-0.4, -0.2) is 69.5 Å². The molecule has 2 heterocycles. The SMILES string of the molecule is COCCO[C@@H](C[C@@H](COP(=O)(O)O)OC)n1cnc2c(C)ncnc21. The lowest BCUT2D eigenvalue weighted by molar-refractivity contribution is -0.0623. The highest BCUT2D eigenvalue weighted by Gasteiger charge is 2.24. The van der Waals surface area contributed by atoms with Gasteiger partial charge >= 0.3 is 7.82 Å². The van der Waals surface area contributed by atoms with Gasteiger partial charge < -0.3 is 24.0 Å². The van der Waals surface area contributed by atoms with Gasteiger partial charge in [-0.2, -0.15) is 0 Å². The largest absolute Gasteiger partial charge is 0.469 e. The molecule has 2 atom stereocenters. The van der Waals surface area contributed by atoms with Crippen LogP contribution in [-0.2, 0) is 23.3 Å². The molecule has 0 fully saturated rings. The third kappa shape index (κ3) is 5.78.